The van der Waals surface area contributed by atoms with E-state index in [1.54, 1.807) is 0 Å². The maximum absolute atomic E-state index is 10.8. The molecule has 0 saturated carbocycles. The van der Waals surface area contributed by atoms with Crippen LogP contribution in [0.15, 0.2) is 24.3 Å². The van der Waals surface area contributed by atoms with Gasteiger partial charge in [-0.3, -0.25) is 0 Å². The molecule has 0 heterocycles. The summed E-state index contributed by atoms with van der Waals surface area (Å²) in [5, 5.41) is 4.96. The van der Waals surface area contributed by atoms with Gasteiger partial charge in [0.15, 0.2) is 0 Å². The van der Waals surface area contributed by atoms with E-state index >= 15 is 0 Å². The molecule has 5 heteroatoms. The van der Waals surface area contributed by atoms with Gasteiger partial charge in [0.25, 0.3) is 0 Å². The van der Waals surface area contributed by atoms with E-state index in [-0.39, 0.29) is 11.2 Å². The molecular weight excluding hydrogens is 286 g/mol. The molecule has 0 aromatic heterocycles. The van der Waals surface area contributed by atoms with Crippen LogP contribution in [-0.4, -0.2) is 20.8 Å². The highest BCUT2D eigenvalue weighted by Crippen LogP contribution is 2.30. The standard InChI is InChI=1S/C16H27NO3S/c1-16(2,3)14-10-6-7-11-15(14)20-12-8-4-5-9-13-21(17,18)19/h6-7,10-11H,4-5,8-9,12-13H2,1-3H3,(H2,17,18,19). The van der Waals surface area contributed by atoms with Gasteiger partial charge < -0.3 is 4.74 Å². The topological polar surface area (TPSA) is 69.4 Å². The highest BCUT2D eigenvalue weighted by Gasteiger charge is 2.18. The molecule has 0 bridgehead atoms. The van der Waals surface area contributed by atoms with Crippen molar-refractivity contribution in [2.45, 2.75) is 51.9 Å². The molecule has 0 aliphatic carbocycles. The number of primary sulfonamides is 1. The largest absolute Gasteiger partial charge is 0.493 e. The van der Waals surface area contributed by atoms with Crippen molar-refractivity contribution in [1.29, 1.82) is 0 Å². The Morgan fingerprint density at radius 3 is 2.29 bits per heavy atom. The molecule has 0 aliphatic heterocycles. The minimum absolute atomic E-state index is 0.0616. The molecule has 2 N–H and O–H groups in total. The summed E-state index contributed by atoms with van der Waals surface area (Å²) in [7, 11) is -3.31. The number of unbranched alkanes of at least 4 members (excludes halogenated alkanes) is 3. The first-order valence-electron chi connectivity index (χ1n) is 7.43. The third kappa shape index (κ3) is 7.48. The summed E-state index contributed by atoms with van der Waals surface area (Å²) in [4.78, 5) is 0. The predicted molar refractivity (Wildman–Crippen MR) is 87.1 cm³/mol. The first-order chi connectivity index (χ1) is 9.70. The van der Waals surface area contributed by atoms with Gasteiger partial charge in [0.1, 0.15) is 5.75 Å². The van der Waals surface area contributed by atoms with Crippen LogP contribution >= 0.6 is 0 Å². The molecule has 0 spiro atoms. The lowest BCUT2D eigenvalue weighted by Crippen LogP contribution is -2.16. The van der Waals surface area contributed by atoms with Crippen molar-refractivity contribution < 1.29 is 13.2 Å². The monoisotopic (exact) mass is 313 g/mol. The van der Waals surface area contributed by atoms with Crippen molar-refractivity contribution in [2.24, 2.45) is 5.14 Å². The maximum Gasteiger partial charge on any atom is 0.209 e. The van der Waals surface area contributed by atoms with Crippen molar-refractivity contribution in [3.63, 3.8) is 0 Å². The van der Waals surface area contributed by atoms with Crippen molar-refractivity contribution in [3.8, 4) is 5.75 Å². The molecule has 0 saturated heterocycles. The fourth-order valence-corrected chi connectivity index (χ4v) is 2.76. The van der Waals surface area contributed by atoms with Crippen molar-refractivity contribution in [1.82, 2.24) is 0 Å². The number of hydrogen-bond donors (Lipinski definition) is 1. The van der Waals surface area contributed by atoms with Crippen LogP contribution < -0.4 is 9.88 Å². The summed E-state index contributed by atoms with van der Waals surface area (Å²) in [6, 6.07) is 8.11. The van der Waals surface area contributed by atoms with E-state index in [9.17, 15) is 8.42 Å². The number of nitrogens with two attached hydrogens (primary N) is 1. The third-order valence-corrected chi connectivity index (χ3v) is 4.13. The second-order valence-electron chi connectivity index (χ2n) is 6.38. The number of rotatable bonds is 8. The van der Waals surface area contributed by atoms with Crippen molar-refractivity contribution >= 4 is 10.0 Å². The van der Waals surface area contributed by atoms with E-state index < -0.39 is 10.0 Å². The summed E-state index contributed by atoms with van der Waals surface area (Å²) >= 11 is 0. The third-order valence-electron chi connectivity index (χ3n) is 3.28. The SMILES string of the molecule is CC(C)(C)c1ccccc1OCCCCCCS(N)(=O)=O. The van der Waals surface area contributed by atoms with Gasteiger partial charge in [-0.2, -0.15) is 0 Å². The zero-order chi connectivity index (χ0) is 15.9. The van der Waals surface area contributed by atoms with Gasteiger partial charge in [-0.05, 0) is 29.9 Å². The number of sulfonamides is 1. The Morgan fingerprint density at radius 1 is 1.05 bits per heavy atom. The van der Waals surface area contributed by atoms with Crippen LogP contribution in [0.4, 0.5) is 0 Å². The summed E-state index contributed by atoms with van der Waals surface area (Å²) in [5.74, 6) is 1.01. The molecule has 0 radical (unpaired) electrons. The summed E-state index contributed by atoms with van der Waals surface area (Å²) in [6.07, 6.45) is 3.36. The molecule has 0 amide bonds. The lowest BCUT2D eigenvalue weighted by Gasteiger charge is -2.22. The zero-order valence-corrected chi connectivity index (χ0v) is 14.1. The van der Waals surface area contributed by atoms with Crippen LogP contribution in [0.1, 0.15) is 52.0 Å². The smallest absolute Gasteiger partial charge is 0.209 e. The summed E-state index contributed by atoms with van der Waals surface area (Å²) < 4.78 is 27.4. The highest BCUT2D eigenvalue weighted by molar-refractivity contribution is 7.89. The summed E-state index contributed by atoms with van der Waals surface area (Å²) in [5.41, 5.74) is 1.27. The average molecular weight is 313 g/mol. The molecular formula is C16H27NO3S. The van der Waals surface area contributed by atoms with Gasteiger partial charge >= 0.3 is 0 Å². The highest BCUT2D eigenvalue weighted by atomic mass is 32.2. The molecule has 21 heavy (non-hydrogen) atoms. The van der Waals surface area contributed by atoms with Gasteiger partial charge in [0, 0.05) is 0 Å². The predicted octanol–water partition coefficient (Wildman–Crippen LogP) is 3.21. The Balaban J connectivity index is 2.31. The molecule has 0 atom stereocenters. The molecule has 0 aliphatic rings. The fraction of sp³-hybridized carbons (Fsp3) is 0.625. The van der Waals surface area contributed by atoms with Crippen LogP contribution in [0.2, 0.25) is 0 Å². The van der Waals surface area contributed by atoms with Gasteiger partial charge in [-0.25, -0.2) is 13.6 Å². The van der Waals surface area contributed by atoms with E-state index in [1.807, 2.05) is 18.2 Å². The van der Waals surface area contributed by atoms with E-state index in [2.05, 4.69) is 26.8 Å². The van der Waals surface area contributed by atoms with E-state index in [4.69, 9.17) is 9.88 Å². The number of hydrogen-bond acceptors (Lipinski definition) is 3. The summed E-state index contributed by atoms with van der Waals surface area (Å²) in [6.45, 7) is 7.16. The van der Waals surface area contributed by atoms with Crippen LogP contribution in [0.25, 0.3) is 0 Å². The van der Waals surface area contributed by atoms with Crippen molar-refractivity contribution in [2.75, 3.05) is 12.4 Å². The lowest BCUT2D eigenvalue weighted by atomic mass is 9.86. The molecule has 0 fully saturated rings. The molecule has 4 nitrogen and oxygen atoms in total. The lowest BCUT2D eigenvalue weighted by molar-refractivity contribution is 0.297. The van der Waals surface area contributed by atoms with Crippen LogP contribution in [0, 0.1) is 0 Å². The Bertz CT molecular complexity index is 533. The van der Waals surface area contributed by atoms with E-state index in [1.165, 1.54) is 5.56 Å². The Kier molecular flexibility index (Phi) is 6.68. The van der Waals surface area contributed by atoms with Gasteiger partial charge in [0.2, 0.25) is 10.0 Å². The Labute approximate surface area is 128 Å². The zero-order valence-electron chi connectivity index (χ0n) is 13.3. The van der Waals surface area contributed by atoms with E-state index in [0.29, 0.717) is 13.0 Å². The molecule has 1 aromatic carbocycles. The van der Waals surface area contributed by atoms with Crippen molar-refractivity contribution in [3.05, 3.63) is 29.8 Å². The van der Waals surface area contributed by atoms with Crippen LogP contribution in [0.5, 0.6) is 5.75 Å². The normalized spacial score (nSPS) is 12.4. The minimum Gasteiger partial charge on any atom is -0.493 e. The fourth-order valence-electron chi connectivity index (χ4n) is 2.15. The van der Waals surface area contributed by atoms with Gasteiger partial charge in [0.05, 0.1) is 12.4 Å². The molecule has 1 rings (SSSR count). The van der Waals surface area contributed by atoms with Gasteiger partial charge in [-0.1, -0.05) is 51.8 Å². The quantitative estimate of drug-likeness (QED) is 0.749. The second-order valence-corrected chi connectivity index (χ2v) is 8.11. The Morgan fingerprint density at radius 2 is 1.67 bits per heavy atom. The number of para-hydroxylation sites is 1. The average Bonchev–Trinajstić information content (AvgIpc) is 2.35. The molecule has 120 valence electrons. The number of ether oxygens (including phenoxy) is 1. The van der Waals surface area contributed by atoms with Crippen LogP contribution in [-0.2, 0) is 15.4 Å². The minimum atomic E-state index is -3.31. The maximum atomic E-state index is 10.8. The Hall–Kier alpha value is -1.07. The molecule has 1 aromatic rings. The van der Waals surface area contributed by atoms with Gasteiger partial charge in [-0.15, -0.1) is 0 Å². The van der Waals surface area contributed by atoms with Crippen LogP contribution in [0.3, 0.4) is 0 Å². The van der Waals surface area contributed by atoms with E-state index in [0.717, 1.165) is 25.0 Å². The first kappa shape index (κ1) is 18.0. The number of benzene rings is 1. The first-order valence-corrected chi connectivity index (χ1v) is 9.14. The second kappa shape index (κ2) is 7.80. The molecule has 0 unspecified atom stereocenters.